The first-order chi connectivity index (χ1) is 11.5. The molecule has 3 nitrogen and oxygen atoms in total. The fourth-order valence-electron chi connectivity index (χ4n) is 1.95. The van der Waals surface area contributed by atoms with Crippen LogP contribution in [0, 0.1) is 0 Å². The lowest BCUT2D eigenvalue weighted by molar-refractivity contribution is -0.137. The third kappa shape index (κ3) is 4.04. The Balaban J connectivity index is 1.73. The van der Waals surface area contributed by atoms with Crippen LogP contribution in [0.4, 0.5) is 13.2 Å². The number of para-hydroxylation sites is 1. The molecule has 0 aliphatic rings. The Kier molecular flexibility index (Phi) is 4.37. The molecule has 3 rings (SSSR count). The molecule has 0 spiro atoms. The molecule has 3 aromatic rings. The second-order valence-electron chi connectivity index (χ2n) is 4.87. The zero-order chi connectivity index (χ0) is 17.0. The lowest BCUT2D eigenvalue weighted by atomic mass is 10.3. The molecule has 0 fully saturated rings. The van der Waals surface area contributed by atoms with Gasteiger partial charge in [-0.1, -0.05) is 24.3 Å². The van der Waals surface area contributed by atoms with E-state index in [1.807, 2.05) is 30.3 Å². The van der Waals surface area contributed by atoms with Gasteiger partial charge in [-0.15, -0.1) is 0 Å². The average molecular weight is 331 g/mol. The fraction of sp³-hybridized carbons (Fsp3) is 0.0556. The molecular weight excluding hydrogens is 319 g/mol. The van der Waals surface area contributed by atoms with Gasteiger partial charge < -0.3 is 9.47 Å². The van der Waals surface area contributed by atoms with Crippen LogP contribution in [0.3, 0.4) is 0 Å². The molecule has 0 N–H and O–H groups in total. The van der Waals surface area contributed by atoms with E-state index < -0.39 is 11.7 Å². The Morgan fingerprint density at radius 3 is 2.00 bits per heavy atom. The zero-order valence-corrected chi connectivity index (χ0v) is 12.3. The summed E-state index contributed by atoms with van der Waals surface area (Å²) in [5.74, 6) is 1.70. The van der Waals surface area contributed by atoms with Gasteiger partial charge in [0.05, 0.1) is 5.56 Å². The Bertz CT molecular complexity index is 802. The van der Waals surface area contributed by atoms with E-state index in [1.165, 1.54) is 6.07 Å². The van der Waals surface area contributed by atoms with Crippen molar-refractivity contribution in [2.24, 2.45) is 0 Å². The van der Waals surface area contributed by atoms with Gasteiger partial charge in [-0.3, -0.25) is 0 Å². The summed E-state index contributed by atoms with van der Waals surface area (Å²) in [6.45, 7) is 0. The van der Waals surface area contributed by atoms with Gasteiger partial charge in [-0.2, -0.15) is 13.2 Å². The zero-order valence-electron chi connectivity index (χ0n) is 12.3. The first kappa shape index (κ1) is 15.9. The van der Waals surface area contributed by atoms with Gasteiger partial charge in [-0.25, -0.2) is 4.98 Å². The lowest BCUT2D eigenvalue weighted by Crippen LogP contribution is -2.05. The van der Waals surface area contributed by atoms with Crippen molar-refractivity contribution in [3.8, 4) is 23.1 Å². The first-order valence-corrected chi connectivity index (χ1v) is 7.05. The minimum atomic E-state index is -4.42. The molecule has 0 atom stereocenters. The number of rotatable bonds is 4. The number of hydrogen-bond donors (Lipinski definition) is 0. The Hall–Kier alpha value is -3.02. The van der Waals surface area contributed by atoms with Crippen LogP contribution in [0.5, 0.6) is 23.1 Å². The normalized spacial score (nSPS) is 11.1. The molecule has 0 unspecified atom stereocenters. The van der Waals surface area contributed by atoms with Crippen LogP contribution in [-0.4, -0.2) is 4.98 Å². The summed E-state index contributed by atoms with van der Waals surface area (Å²) in [6, 6.07) is 18.1. The molecule has 0 aliphatic carbocycles. The maximum Gasteiger partial charge on any atom is 0.417 e. The van der Waals surface area contributed by atoms with Crippen molar-refractivity contribution in [1.29, 1.82) is 0 Å². The predicted octanol–water partition coefficient (Wildman–Crippen LogP) is 5.69. The summed E-state index contributed by atoms with van der Waals surface area (Å²) in [6.07, 6.45) is -3.69. The number of aromatic nitrogens is 1. The van der Waals surface area contributed by atoms with Crippen molar-refractivity contribution >= 4 is 0 Å². The Labute approximate surface area is 136 Å². The molecule has 1 aromatic heterocycles. The van der Waals surface area contributed by atoms with E-state index in [1.54, 1.807) is 24.3 Å². The first-order valence-electron chi connectivity index (χ1n) is 7.05. The van der Waals surface area contributed by atoms with Crippen LogP contribution in [0.25, 0.3) is 0 Å². The maximum atomic E-state index is 12.5. The molecular formula is C18H12F3NO2. The highest BCUT2D eigenvalue weighted by Gasteiger charge is 2.30. The fourth-order valence-corrected chi connectivity index (χ4v) is 1.95. The largest absolute Gasteiger partial charge is 0.457 e. The molecule has 0 saturated carbocycles. The molecule has 0 radical (unpaired) electrons. The third-order valence-corrected chi connectivity index (χ3v) is 3.07. The second kappa shape index (κ2) is 6.62. The van der Waals surface area contributed by atoms with Gasteiger partial charge in [0.15, 0.2) is 0 Å². The van der Waals surface area contributed by atoms with Crippen molar-refractivity contribution in [3.63, 3.8) is 0 Å². The van der Waals surface area contributed by atoms with Crippen LogP contribution < -0.4 is 9.47 Å². The minimum absolute atomic E-state index is 0.0693. The van der Waals surface area contributed by atoms with Gasteiger partial charge in [0.1, 0.15) is 17.2 Å². The Morgan fingerprint density at radius 1 is 0.708 bits per heavy atom. The van der Waals surface area contributed by atoms with E-state index in [0.29, 0.717) is 17.2 Å². The predicted molar refractivity (Wildman–Crippen MR) is 82.3 cm³/mol. The van der Waals surface area contributed by atoms with Gasteiger partial charge in [0.25, 0.3) is 0 Å². The summed E-state index contributed by atoms with van der Waals surface area (Å²) >= 11 is 0. The van der Waals surface area contributed by atoms with E-state index in [9.17, 15) is 13.2 Å². The van der Waals surface area contributed by atoms with Crippen molar-refractivity contribution < 1.29 is 22.6 Å². The molecule has 24 heavy (non-hydrogen) atoms. The summed E-state index contributed by atoms with van der Waals surface area (Å²) in [4.78, 5) is 3.67. The monoisotopic (exact) mass is 331 g/mol. The number of benzene rings is 2. The van der Waals surface area contributed by atoms with Crippen LogP contribution in [0.15, 0.2) is 72.9 Å². The summed E-state index contributed by atoms with van der Waals surface area (Å²) in [5, 5.41) is 0. The highest BCUT2D eigenvalue weighted by atomic mass is 19.4. The van der Waals surface area contributed by atoms with E-state index in [2.05, 4.69) is 4.98 Å². The lowest BCUT2D eigenvalue weighted by Gasteiger charge is -2.09. The van der Waals surface area contributed by atoms with Crippen LogP contribution in [-0.2, 0) is 6.18 Å². The number of halogens is 3. The number of alkyl halides is 3. The van der Waals surface area contributed by atoms with E-state index >= 15 is 0 Å². The molecule has 2 aromatic carbocycles. The van der Waals surface area contributed by atoms with Gasteiger partial charge in [-0.05, 0) is 30.3 Å². The van der Waals surface area contributed by atoms with Crippen molar-refractivity contribution in [3.05, 3.63) is 78.5 Å². The molecule has 122 valence electrons. The maximum absolute atomic E-state index is 12.5. The highest BCUT2D eigenvalue weighted by molar-refractivity contribution is 5.38. The SMILES string of the molecule is FC(F)(F)c1ccc(Oc2cccc(Oc3ccccc3)c2)nc1. The van der Waals surface area contributed by atoms with Crippen LogP contribution in [0.2, 0.25) is 0 Å². The quantitative estimate of drug-likeness (QED) is 0.616. The van der Waals surface area contributed by atoms with Gasteiger partial charge >= 0.3 is 6.18 Å². The van der Waals surface area contributed by atoms with Gasteiger partial charge in [0.2, 0.25) is 5.88 Å². The molecule has 0 amide bonds. The number of ether oxygens (including phenoxy) is 2. The van der Waals surface area contributed by atoms with E-state index in [4.69, 9.17) is 9.47 Å². The number of pyridine rings is 1. The minimum Gasteiger partial charge on any atom is -0.457 e. The standard InChI is InChI=1S/C18H12F3NO2/c19-18(20,21)13-9-10-17(22-12-13)24-16-8-4-7-15(11-16)23-14-5-2-1-3-6-14/h1-12H. The highest BCUT2D eigenvalue weighted by Crippen LogP contribution is 2.31. The number of nitrogens with zero attached hydrogens (tertiary/aromatic N) is 1. The van der Waals surface area contributed by atoms with Crippen molar-refractivity contribution in [2.75, 3.05) is 0 Å². The molecule has 0 bridgehead atoms. The van der Waals surface area contributed by atoms with E-state index in [-0.39, 0.29) is 5.88 Å². The summed E-state index contributed by atoms with van der Waals surface area (Å²) < 4.78 is 48.7. The van der Waals surface area contributed by atoms with Crippen LogP contribution in [0.1, 0.15) is 5.56 Å². The number of hydrogen-bond acceptors (Lipinski definition) is 3. The Morgan fingerprint density at radius 2 is 1.38 bits per heavy atom. The van der Waals surface area contributed by atoms with E-state index in [0.717, 1.165) is 12.3 Å². The van der Waals surface area contributed by atoms with Crippen molar-refractivity contribution in [2.45, 2.75) is 6.18 Å². The molecule has 6 heteroatoms. The second-order valence-corrected chi connectivity index (χ2v) is 4.87. The molecule has 0 saturated heterocycles. The van der Waals surface area contributed by atoms with Gasteiger partial charge in [0, 0.05) is 18.3 Å². The molecule has 0 aliphatic heterocycles. The average Bonchev–Trinajstić information content (AvgIpc) is 2.56. The smallest absolute Gasteiger partial charge is 0.417 e. The third-order valence-electron chi connectivity index (χ3n) is 3.07. The van der Waals surface area contributed by atoms with Crippen LogP contribution >= 0.6 is 0 Å². The van der Waals surface area contributed by atoms with Crippen molar-refractivity contribution in [1.82, 2.24) is 4.98 Å². The summed E-state index contributed by atoms with van der Waals surface area (Å²) in [5.41, 5.74) is -0.823. The summed E-state index contributed by atoms with van der Waals surface area (Å²) in [7, 11) is 0. The topological polar surface area (TPSA) is 31.4 Å². The molecule has 1 heterocycles.